The Hall–Kier alpha value is -1.42. The molecule has 0 heterocycles. The Morgan fingerprint density at radius 2 is 2.06 bits per heavy atom. The summed E-state index contributed by atoms with van der Waals surface area (Å²) in [5, 5.41) is 2.92. The van der Waals surface area contributed by atoms with E-state index < -0.39 is 0 Å². The number of thiocarbonyl (C=S) groups is 1. The Labute approximate surface area is 114 Å². The molecule has 4 heteroatoms. The normalized spacial score (nSPS) is 12.2. The SMILES string of the molecule is CC(C)C(C)C(=O)NCc1cccc(C(N)=S)c1. The summed E-state index contributed by atoms with van der Waals surface area (Å²) in [7, 11) is 0. The van der Waals surface area contributed by atoms with Gasteiger partial charge in [-0.2, -0.15) is 0 Å². The Bertz CT molecular complexity index is 443. The third-order valence-electron chi connectivity index (χ3n) is 3.09. The second-order valence-electron chi connectivity index (χ2n) is 4.82. The topological polar surface area (TPSA) is 55.1 Å². The van der Waals surface area contributed by atoms with Crippen molar-refractivity contribution in [2.45, 2.75) is 27.3 Å². The minimum atomic E-state index is 0.0174. The largest absolute Gasteiger partial charge is 0.389 e. The highest BCUT2D eigenvalue weighted by Crippen LogP contribution is 2.10. The van der Waals surface area contributed by atoms with Gasteiger partial charge in [0.05, 0.1) is 0 Å². The van der Waals surface area contributed by atoms with Gasteiger partial charge in [-0.05, 0) is 17.5 Å². The quantitative estimate of drug-likeness (QED) is 0.802. The smallest absolute Gasteiger partial charge is 0.223 e. The molecule has 98 valence electrons. The van der Waals surface area contributed by atoms with Gasteiger partial charge in [0.1, 0.15) is 4.99 Å². The number of nitrogens with one attached hydrogen (secondary N) is 1. The molecule has 1 amide bonds. The van der Waals surface area contributed by atoms with Gasteiger partial charge in [0.25, 0.3) is 0 Å². The predicted molar refractivity (Wildman–Crippen MR) is 78.2 cm³/mol. The molecule has 0 aromatic heterocycles. The van der Waals surface area contributed by atoms with Crippen molar-refractivity contribution in [3.05, 3.63) is 35.4 Å². The Morgan fingerprint density at radius 3 is 2.61 bits per heavy atom. The number of carbonyl (C=O) groups excluding carboxylic acids is 1. The maximum absolute atomic E-state index is 11.8. The molecule has 18 heavy (non-hydrogen) atoms. The number of nitrogens with two attached hydrogens (primary N) is 1. The first-order chi connectivity index (χ1) is 8.41. The van der Waals surface area contributed by atoms with E-state index in [2.05, 4.69) is 5.32 Å². The van der Waals surface area contributed by atoms with Crippen molar-refractivity contribution in [3.63, 3.8) is 0 Å². The highest BCUT2D eigenvalue weighted by molar-refractivity contribution is 7.80. The summed E-state index contributed by atoms with van der Waals surface area (Å²) < 4.78 is 0. The zero-order valence-corrected chi connectivity index (χ0v) is 11.9. The third kappa shape index (κ3) is 4.11. The summed E-state index contributed by atoms with van der Waals surface area (Å²) in [6, 6.07) is 7.61. The van der Waals surface area contributed by atoms with Crippen molar-refractivity contribution in [2.24, 2.45) is 17.6 Å². The van der Waals surface area contributed by atoms with Crippen LogP contribution in [-0.4, -0.2) is 10.9 Å². The molecule has 1 unspecified atom stereocenters. The lowest BCUT2D eigenvalue weighted by Crippen LogP contribution is -2.31. The fourth-order valence-corrected chi connectivity index (χ4v) is 1.61. The van der Waals surface area contributed by atoms with Crippen LogP contribution < -0.4 is 11.1 Å². The lowest BCUT2D eigenvalue weighted by molar-refractivity contribution is -0.125. The summed E-state index contributed by atoms with van der Waals surface area (Å²) in [6.45, 7) is 6.52. The lowest BCUT2D eigenvalue weighted by Gasteiger charge is -2.15. The van der Waals surface area contributed by atoms with E-state index in [1.165, 1.54) is 0 Å². The van der Waals surface area contributed by atoms with E-state index in [4.69, 9.17) is 18.0 Å². The van der Waals surface area contributed by atoms with E-state index in [1.807, 2.05) is 45.0 Å². The third-order valence-corrected chi connectivity index (χ3v) is 3.33. The van der Waals surface area contributed by atoms with Crippen molar-refractivity contribution >= 4 is 23.1 Å². The number of benzene rings is 1. The Morgan fingerprint density at radius 1 is 1.39 bits per heavy atom. The molecule has 0 aliphatic heterocycles. The zero-order chi connectivity index (χ0) is 13.7. The van der Waals surface area contributed by atoms with Gasteiger partial charge in [-0.1, -0.05) is 51.2 Å². The van der Waals surface area contributed by atoms with Gasteiger partial charge in [0.2, 0.25) is 5.91 Å². The minimum Gasteiger partial charge on any atom is -0.389 e. The maximum atomic E-state index is 11.8. The minimum absolute atomic E-state index is 0.0174. The van der Waals surface area contributed by atoms with Crippen LogP contribution in [0.5, 0.6) is 0 Å². The van der Waals surface area contributed by atoms with Crippen LogP contribution in [0.4, 0.5) is 0 Å². The maximum Gasteiger partial charge on any atom is 0.223 e. The standard InChI is InChI=1S/C14H20N2OS/c1-9(2)10(3)14(17)16-8-11-5-4-6-12(7-11)13(15)18/h4-7,9-10H,8H2,1-3H3,(H2,15,18)(H,16,17). The van der Waals surface area contributed by atoms with Crippen LogP contribution in [0.1, 0.15) is 31.9 Å². The molecular formula is C14H20N2OS. The number of hydrogen-bond donors (Lipinski definition) is 2. The molecule has 0 radical (unpaired) electrons. The van der Waals surface area contributed by atoms with E-state index in [-0.39, 0.29) is 11.8 Å². The molecule has 0 fully saturated rings. The van der Waals surface area contributed by atoms with Gasteiger partial charge < -0.3 is 11.1 Å². The van der Waals surface area contributed by atoms with Crippen molar-refractivity contribution in [1.82, 2.24) is 5.32 Å². The molecule has 3 N–H and O–H groups in total. The fourth-order valence-electron chi connectivity index (χ4n) is 1.49. The average Bonchev–Trinajstić information content (AvgIpc) is 2.35. The van der Waals surface area contributed by atoms with Gasteiger partial charge >= 0.3 is 0 Å². The molecule has 1 aromatic rings. The number of amides is 1. The van der Waals surface area contributed by atoms with Crippen molar-refractivity contribution in [1.29, 1.82) is 0 Å². The Balaban J connectivity index is 2.61. The van der Waals surface area contributed by atoms with Gasteiger partial charge in [-0.3, -0.25) is 4.79 Å². The first kappa shape index (κ1) is 14.6. The summed E-state index contributed by atoms with van der Waals surface area (Å²) >= 11 is 4.92. The molecule has 0 bridgehead atoms. The first-order valence-corrected chi connectivity index (χ1v) is 6.49. The molecule has 0 spiro atoms. The highest BCUT2D eigenvalue weighted by atomic mass is 32.1. The van der Waals surface area contributed by atoms with Gasteiger partial charge in [-0.25, -0.2) is 0 Å². The number of carbonyl (C=O) groups is 1. The molecule has 0 aliphatic rings. The van der Waals surface area contributed by atoms with E-state index in [1.54, 1.807) is 0 Å². The van der Waals surface area contributed by atoms with E-state index in [0.29, 0.717) is 17.5 Å². The zero-order valence-electron chi connectivity index (χ0n) is 11.1. The van der Waals surface area contributed by atoms with Gasteiger partial charge in [-0.15, -0.1) is 0 Å². The summed E-state index contributed by atoms with van der Waals surface area (Å²) in [5.74, 6) is 0.433. The second-order valence-corrected chi connectivity index (χ2v) is 5.25. The van der Waals surface area contributed by atoms with E-state index >= 15 is 0 Å². The number of hydrogen-bond acceptors (Lipinski definition) is 2. The van der Waals surface area contributed by atoms with Crippen molar-refractivity contribution < 1.29 is 4.79 Å². The first-order valence-electron chi connectivity index (χ1n) is 6.08. The molecular weight excluding hydrogens is 244 g/mol. The van der Waals surface area contributed by atoms with Crippen LogP contribution in [0.15, 0.2) is 24.3 Å². The van der Waals surface area contributed by atoms with Crippen LogP contribution in [-0.2, 0) is 11.3 Å². The predicted octanol–water partition coefficient (Wildman–Crippen LogP) is 2.23. The van der Waals surface area contributed by atoms with Crippen molar-refractivity contribution in [2.75, 3.05) is 0 Å². The van der Waals surface area contributed by atoms with E-state index in [9.17, 15) is 4.79 Å². The summed E-state index contributed by atoms with van der Waals surface area (Å²) in [5.41, 5.74) is 7.40. The average molecular weight is 264 g/mol. The molecule has 3 nitrogen and oxygen atoms in total. The van der Waals surface area contributed by atoms with Crippen molar-refractivity contribution in [3.8, 4) is 0 Å². The fraction of sp³-hybridized carbons (Fsp3) is 0.429. The van der Waals surface area contributed by atoms with Crippen LogP contribution in [0.3, 0.4) is 0 Å². The Kier molecular flexibility index (Phi) is 5.28. The van der Waals surface area contributed by atoms with Crippen LogP contribution >= 0.6 is 12.2 Å². The van der Waals surface area contributed by atoms with Crippen LogP contribution in [0.2, 0.25) is 0 Å². The summed E-state index contributed by atoms with van der Waals surface area (Å²) in [6.07, 6.45) is 0. The van der Waals surface area contributed by atoms with Crippen LogP contribution in [0, 0.1) is 11.8 Å². The molecule has 0 aliphatic carbocycles. The van der Waals surface area contributed by atoms with Crippen LogP contribution in [0.25, 0.3) is 0 Å². The molecule has 1 atom stereocenters. The number of rotatable bonds is 5. The molecule has 1 aromatic carbocycles. The molecule has 0 saturated carbocycles. The lowest BCUT2D eigenvalue weighted by atomic mass is 9.97. The highest BCUT2D eigenvalue weighted by Gasteiger charge is 2.15. The second kappa shape index (κ2) is 6.50. The van der Waals surface area contributed by atoms with Gasteiger partial charge in [0, 0.05) is 18.0 Å². The monoisotopic (exact) mass is 264 g/mol. The van der Waals surface area contributed by atoms with Gasteiger partial charge in [0.15, 0.2) is 0 Å². The van der Waals surface area contributed by atoms with E-state index in [0.717, 1.165) is 11.1 Å². The molecule has 0 saturated heterocycles. The summed E-state index contributed by atoms with van der Waals surface area (Å²) in [4.78, 5) is 12.2. The molecule has 1 rings (SSSR count).